The van der Waals surface area contributed by atoms with Gasteiger partial charge in [-0.1, -0.05) is 41.9 Å². The molecule has 0 aliphatic carbocycles. The second-order valence-corrected chi connectivity index (χ2v) is 5.41. The van der Waals surface area contributed by atoms with Gasteiger partial charge in [-0.25, -0.2) is 9.48 Å². The number of esters is 1. The van der Waals surface area contributed by atoms with Crippen LogP contribution in [0.3, 0.4) is 0 Å². The Bertz CT molecular complexity index is 754. The molecular weight excluding hydrogens is 330 g/mol. The van der Waals surface area contributed by atoms with Gasteiger partial charge in [-0.15, -0.1) is 0 Å². The summed E-state index contributed by atoms with van der Waals surface area (Å²) < 4.78 is 6.46. The molecule has 1 aromatic carbocycles. The van der Waals surface area contributed by atoms with Gasteiger partial charge in [0.05, 0.1) is 12.2 Å². The highest BCUT2D eigenvalue weighted by Crippen LogP contribution is 2.22. The average molecular weight is 348 g/mol. The van der Waals surface area contributed by atoms with Crippen molar-refractivity contribution in [2.24, 2.45) is 0 Å². The molecule has 7 heteroatoms. The molecule has 24 heavy (non-hydrogen) atoms. The third kappa shape index (κ3) is 4.70. The molecular formula is C17H18ClN3O3. The van der Waals surface area contributed by atoms with Crippen LogP contribution in [0.4, 0.5) is 0 Å². The van der Waals surface area contributed by atoms with Gasteiger partial charge in [-0.3, -0.25) is 4.79 Å². The van der Waals surface area contributed by atoms with Crippen molar-refractivity contribution in [1.29, 1.82) is 0 Å². The van der Waals surface area contributed by atoms with E-state index in [1.807, 2.05) is 37.3 Å². The molecule has 0 saturated heterocycles. The molecule has 0 radical (unpaired) electrons. The first-order valence-electron chi connectivity index (χ1n) is 7.33. The zero-order valence-corrected chi connectivity index (χ0v) is 14.2. The molecule has 0 bridgehead atoms. The molecule has 1 heterocycles. The smallest absolute Gasteiger partial charge is 0.331 e. The highest BCUT2D eigenvalue weighted by molar-refractivity contribution is 6.31. The number of aryl methyl sites for hydroxylation is 1. The molecule has 2 rings (SSSR count). The number of amides is 1. The maximum Gasteiger partial charge on any atom is 0.331 e. The first-order valence-corrected chi connectivity index (χ1v) is 7.71. The summed E-state index contributed by atoms with van der Waals surface area (Å²) in [5.74, 6) is -0.994. The number of hydrogen-bond donors (Lipinski definition) is 1. The van der Waals surface area contributed by atoms with Crippen LogP contribution in [0.15, 0.2) is 36.4 Å². The van der Waals surface area contributed by atoms with Crippen LogP contribution in [0.2, 0.25) is 5.15 Å². The molecule has 1 aromatic heterocycles. The quantitative estimate of drug-likeness (QED) is 0.642. The van der Waals surface area contributed by atoms with Crippen LogP contribution in [0, 0.1) is 6.92 Å². The van der Waals surface area contributed by atoms with Crippen molar-refractivity contribution in [1.82, 2.24) is 15.1 Å². The molecule has 0 saturated carbocycles. The largest absolute Gasteiger partial charge is 0.452 e. The van der Waals surface area contributed by atoms with Crippen molar-refractivity contribution in [2.75, 3.05) is 13.7 Å². The molecule has 126 valence electrons. The number of ether oxygens (including phenoxy) is 1. The molecule has 0 aliphatic heterocycles. The molecule has 6 nitrogen and oxygen atoms in total. The van der Waals surface area contributed by atoms with Crippen molar-refractivity contribution in [3.8, 4) is 0 Å². The van der Waals surface area contributed by atoms with Crippen LogP contribution in [0.5, 0.6) is 0 Å². The van der Waals surface area contributed by atoms with Crippen LogP contribution in [0.25, 0.3) is 6.08 Å². The number of rotatable bonds is 6. The Hall–Kier alpha value is -2.60. The number of nitrogens with zero attached hydrogens (tertiary/aromatic N) is 2. The van der Waals surface area contributed by atoms with Gasteiger partial charge in [-0.2, -0.15) is 5.10 Å². The predicted octanol–water partition coefficient (Wildman–Crippen LogP) is 2.20. The van der Waals surface area contributed by atoms with Crippen LogP contribution in [-0.4, -0.2) is 35.3 Å². The Morgan fingerprint density at radius 3 is 2.71 bits per heavy atom. The monoisotopic (exact) mass is 347 g/mol. The zero-order chi connectivity index (χ0) is 17.5. The molecule has 1 N–H and O–H groups in total. The number of hydrogen-bond acceptors (Lipinski definition) is 4. The van der Waals surface area contributed by atoms with Gasteiger partial charge in [0, 0.05) is 18.7 Å². The van der Waals surface area contributed by atoms with Crippen molar-refractivity contribution in [3.63, 3.8) is 0 Å². The van der Waals surface area contributed by atoms with E-state index in [0.717, 1.165) is 5.56 Å². The Morgan fingerprint density at radius 1 is 1.33 bits per heavy atom. The second kappa shape index (κ2) is 8.31. The van der Waals surface area contributed by atoms with E-state index in [0.29, 0.717) is 23.0 Å². The highest BCUT2D eigenvalue weighted by Gasteiger charge is 2.12. The minimum absolute atomic E-state index is 0.320. The normalized spacial score (nSPS) is 10.8. The third-order valence-electron chi connectivity index (χ3n) is 3.29. The molecule has 1 amide bonds. The summed E-state index contributed by atoms with van der Waals surface area (Å²) in [5, 5.41) is 7.19. The van der Waals surface area contributed by atoms with Crippen LogP contribution in [0.1, 0.15) is 16.8 Å². The summed E-state index contributed by atoms with van der Waals surface area (Å²) >= 11 is 6.35. The zero-order valence-electron chi connectivity index (χ0n) is 13.5. The lowest BCUT2D eigenvalue weighted by atomic mass is 10.2. The van der Waals surface area contributed by atoms with Crippen molar-refractivity contribution < 1.29 is 14.3 Å². The molecule has 0 fully saturated rings. The fourth-order valence-electron chi connectivity index (χ4n) is 2.03. The first kappa shape index (κ1) is 17.7. The lowest BCUT2D eigenvalue weighted by molar-refractivity contribution is -0.143. The molecule has 0 unspecified atom stereocenters. The Kier molecular flexibility index (Phi) is 6.14. The summed E-state index contributed by atoms with van der Waals surface area (Å²) in [6.07, 6.45) is 2.77. The number of carbonyl (C=O) groups excluding carboxylic acids is 2. The molecule has 0 spiro atoms. The van der Waals surface area contributed by atoms with Crippen molar-refractivity contribution >= 4 is 29.6 Å². The molecule has 0 aliphatic rings. The van der Waals surface area contributed by atoms with Crippen LogP contribution < -0.4 is 5.32 Å². The predicted molar refractivity (Wildman–Crippen MR) is 91.6 cm³/mol. The number of carbonyl (C=O) groups is 2. The van der Waals surface area contributed by atoms with E-state index in [9.17, 15) is 9.59 Å². The van der Waals surface area contributed by atoms with Gasteiger partial charge in [-0.05, 0) is 18.6 Å². The van der Waals surface area contributed by atoms with E-state index in [1.54, 1.807) is 10.8 Å². The minimum Gasteiger partial charge on any atom is -0.452 e. The van der Waals surface area contributed by atoms with Gasteiger partial charge >= 0.3 is 5.97 Å². The Balaban J connectivity index is 2.07. The van der Waals surface area contributed by atoms with E-state index in [2.05, 4.69) is 10.4 Å². The van der Waals surface area contributed by atoms with Crippen molar-refractivity contribution in [3.05, 3.63) is 58.4 Å². The Morgan fingerprint density at radius 2 is 2.04 bits per heavy atom. The van der Waals surface area contributed by atoms with Crippen LogP contribution in [-0.2, 0) is 20.9 Å². The first-order chi connectivity index (χ1) is 11.5. The minimum atomic E-state index is -0.620. The fourth-order valence-corrected chi connectivity index (χ4v) is 2.32. The van der Waals surface area contributed by atoms with E-state index >= 15 is 0 Å². The van der Waals surface area contributed by atoms with E-state index in [-0.39, 0.29) is 12.5 Å². The number of halogens is 1. The number of aromatic nitrogens is 2. The van der Waals surface area contributed by atoms with Gasteiger partial charge in [0.1, 0.15) is 5.15 Å². The van der Waals surface area contributed by atoms with Gasteiger partial charge in [0.25, 0.3) is 5.91 Å². The van der Waals surface area contributed by atoms with Crippen LogP contribution >= 0.6 is 11.6 Å². The van der Waals surface area contributed by atoms with Gasteiger partial charge in [0.2, 0.25) is 0 Å². The summed E-state index contributed by atoms with van der Waals surface area (Å²) in [4.78, 5) is 22.6. The number of nitrogens with one attached hydrogen (secondary N) is 1. The maximum atomic E-state index is 11.6. The second-order valence-electron chi connectivity index (χ2n) is 5.05. The van der Waals surface area contributed by atoms with Gasteiger partial charge < -0.3 is 10.1 Å². The van der Waals surface area contributed by atoms with E-state index < -0.39 is 5.97 Å². The Labute approximate surface area is 145 Å². The summed E-state index contributed by atoms with van der Waals surface area (Å²) in [7, 11) is 1.47. The van der Waals surface area contributed by atoms with E-state index in [4.69, 9.17) is 16.3 Å². The average Bonchev–Trinajstić information content (AvgIpc) is 2.85. The number of likely N-dealkylation sites (N-methyl/N-ethyl adjacent to an activating group) is 1. The maximum absolute atomic E-state index is 11.6. The molecule has 0 atom stereocenters. The highest BCUT2D eigenvalue weighted by atomic mass is 35.5. The molecule has 2 aromatic rings. The van der Waals surface area contributed by atoms with E-state index in [1.165, 1.54) is 13.1 Å². The SMILES string of the molecule is CNC(=O)COC(=O)/C=C/c1c(C)nn(Cc2ccccc2)c1Cl. The fraction of sp³-hybridized carbons (Fsp3) is 0.235. The lowest BCUT2D eigenvalue weighted by Crippen LogP contribution is -2.24. The lowest BCUT2D eigenvalue weighted by Gasteiger charge is -2.03. The third-order valence-corrected chi connectivity index (χ3v) is 3.69. The topological polar surface area (TPSA) is 73.2 Å². The standard InChI is InChI=1S/C17H18ClN3O3/c1-12-14(8-9-16(23)24-11-15(22)19-2)17(18)21(20-12)10-13-6-4-3-5-7-13/h3-9H,10-11H2,1-2H3,(H,19,22)/b9-8+. The number of benzene rings is 1. The van der Waals surface area contributed by atoms with Crippen molar-refractivity contribution in [2.45, 2.75) is 13.5 Å². The summed E-state index contributed by atoms with van der Waals surface area (Å²) in [6, 6.07) is 9.81. The van der Waals surface area contributed by atoms with Gasteiger partial charge in [0.15, 0.2) is 6.61 Å². The summed E-state index contributed by atoms with van der Waals surface area (Å²) in [6.45, 7) is 2.03. The summed E-state index contributed by atoms with van der Waals surface area (Å²) in [5.41, 5.74) is 2.41.